The van der Waals surface area contributed by atoms with E-state index in [-0.39, 0.29) is 25.0 Å². The van der Waals surface area contributed by atoms with Crippen molar-refractivity contribution in [3.05, 3.63) is 34.6 Å². The Labute approximate surface area is 170 Å². The Balaban J connectivity index is 1.39. The van der Waals surface area contributed by atoms with Crippen LogP contribution in [0.4, 0.5) is 26.6 Å². The number of amides is 2. The molecule has 0 aliphatic carbocycles. The van der Waals surface area contributed by atoms with Crippen molar-refractivity contribution in [2.45, 2.75) is 13.0 Å². The molecule has 0 saturated carbocycles. The zero-order chi connectivity index (χ0) is 21.3. The first-order chi connectivity index (χ1) is 14.4. The standard InChI is InChI=1S/C18H21FN6O5/c1-11(26)20-9-13-10-25(18(28)29-13)12-2-3-15(14(19)8-12)23-4-6-24(7-5-23)16-21-22-17(27)30-16/h2-3,8,13H,4-7,9-10H2,1H3,(H,20,26)(H,22,27). The normalized spacial score (nSPS) is 19.2. The molecule has 1 unspecified atom stereocenters. The number of nitrogens with zero attached hydrogens (tertiary/aromatic N) is 4. The van der Waals surface area contributed by atoms with Gasteiger partial charge in [0.15, 0.2) is 0 Å². The highest BCUT2D eigenvalue weighted by Crippen LogP contribution is 2.28. The molecule has 160 valence electrons. The third-order valence-corrected chi connectivity index (χ3v) is 5.01. The zero-order valence-corrected chi connectivity index (χ0v) is 16.3. The van der Waals surface area contributed by atoms with Gasteiger partial charge >= 0.3 is 17.9 Å². The Morgan fingerprint density at radius 2 is 2.00 bits per heavy atom. The van der Waals surface area contributed by atoms with Crippen LogP contribution in [0.1, 0.15) is 6.92 Å². The van der Waals surface area contributed by atoms with Crippen LogP contribution < -0.4 is 25.8 Å². The van der Waals surface area contributed by atoms with E-state index >= 15 is 0 Å². The second-order valence-corrected chi connectivity index (χ2v) is 7.06. The van der Waals surface area contributed by atoms with Gasteiger partial charge in [-0.25, -0.2) is 19.1 Å². The quantitative estimate of drug-likeness (QED) is 0.707. The molecule has 0 bridgehead atoms. The number of carbonyl (C=O) groups excluding carboxylic acids is 2. The van der Waals surface area contributed by atoms with Gasteiger partial charge in [-0.15, -0.1) is 5.10 Å². The molecule has 2 fully saturated rings. The minimum atomic E-state index is -0.617. The summed E-state index contributed by atoms with van der Waals surface area (Å²) in [6.45, 7) is 3.86. The van der Waals surface area contributed by atoms with E-state index in [0.29, 0.717) is 37.6 Å². The maximum Gasteiger partial charge on any atom is 0.435 e. The molecule has 1 aromatic heterocycles. The average Bonchev–Trinajstić information content (AvgIpc) is 3.32. The monoisotopic (exact) mass is 420 g/mol. The lowest BCUT2D eigenvalue weighted by Crippen LogP contribution is -2.47. The number of hydrogen-bond donors (Lipinski definition) is 2. The summed E-state index contributed by atoms with van der Waals surface area (Å²) in [7, 11) is 0. The number of rotatable bonds is 5. The highest BCUT2D eigenvalue weighted by atomic mass is 19.1. The third-order valence-electron chi connectivity index (χ3n) is 5.01. The topological polar surface area (TPSA) is 124 Å². The molecule has 2 aromatic rings. The number of nitrogens with one attached hydrogen (secondary N) is 2. The van der Waals surface area contributed by atoms with Crippen molar-refractivity contribution in [3.63, 3.8) is 0 Å². The molecule has 4 rings (SSSR count). The lowest BCUT2D eigenvalue weighted by atomic mass is 10.2. The van der Waals surface area contributed by atoms with Gasteiger partial charge < -0.3 is 24.3 Å². The van der Waals surface area contributed by atoms with Gasteiger partial charge in [0.25, 0.3) is 0 Å². The van der Waals surface area contributed by atoms with E-state index in [0.717, 1.165) is 0 Å². The van der Waals surface area contributed by atoms with E-state index in [9.17, 15) is 18.8 Å². The van der Waals surface area contributed by atoms with Gasteiger partial charge in [-0.05, 0) is 18.2 Å². The summed E-state index contributed by atoms with van der Waals surface area (Å²) in [6, 6.07) is 4.82. The van der Waals surface area contributed by atoms with E-state index in [4.69, 9.17) is 9.15 Å². The molecule has 2 amide bonds. The molecule has 1 atom stereocenters. The fraction of sp³-hybridized carbons (Fsp3) is 0.444. The van der Waals surface area contributed by atoms with Gasteiger partial charge in [0.2, 0.25) is 5.91 Å². The molecule has 11 nitrogen and oxygen atoms in total. The minimum absolute atomic E-state index is 0.207. The first-order valence-corrected chi connectivity index (χ1v) is 9.48. The molecule has 2 aliphatic heterocycles. The Bertz CT molecular complexity index is 999. The third kappa shape index (κ3) is 4.07. The Morgan fingerprint density at radius 1 is 1.27 bits per heavy atom. The van der Waals surface area contributed by atoms with E-state index in [1.54, 1.807) is 17.0 Å². The fourth-order valence-corrected chi connectivity index (χ4v) is 3.51. The summed E-state index contributed by atoms with van der Waals surface area (Å²) >= 11 is 0. The van der Waals surface area contributed by atoms with Crippen LogP contribution in [0.2, 0.25) is 0 Å². The molecule has 12 heteroatoms. The molecular weight excluding hydrogens is 399 g/mol. The number of H-pyrrole nitrogens is 1. The van der Waals surface area contributed by atoms with Crippen LogP contribution >= 0.6 is 0 Å². The first-order valence-electron chi connectivity index (χ1n) is 9.48. The molecule has 0 radical (unpaired) electrons. The Morgan fingerprint density at radius 3 is 2.63 bits per heavy atom. The smallest absolute Gasteiger partial charge is 0.435 e. The van der Waals surface area contributed by atoms with Crippen molar-refractivity contribution in [3.8, 4) is 0 Å². The van der Waals surface area contributed by atoms with E-state index in [1.165, 1.54) is 17.9 Å². The minimum Gasteiger partial charge on any atom is -0.442 e. The van der Waals surface area contributed by atoms with Crippen molar-refractivity contribution in [2.24, 2.45) is 0 Å². The van der Waals surface area contributed by atoms with Crippen molar-refractivity contribution >= 4 is 29.4 Å². The van der Waals surface area contributed by atoms with Crippen molar-refractivity contribution in [2.75, 3.05) is 54.0 Å². The number of benzene rings is 1. The predicted octanol–water partition coefficient (Wildman–Crippen LogP) is 0.290. The summed E-state index contributed by atoms with van der Waals surface area (Å²) in [6.07, 6.45) is -1.06. The number of carbonyl (C=O) groups is 2. The Kier molecular flexibility index (Phi) is 5.29. The number of piperazine rings is 1. The van der Waals surface area contributed by atoms with Gasteiger partial charge in [-0.2, -0.15) is 0 Å². The van der Waals surface area contributed by atoms with Gasteiger partial charge in [0.05, 0.1) is 24.5 Å². The predicted molar refractivity (Wildman–Crippen MR) is 104 cm³/mol. The number of aromatic nitrogens is 2. The van der Waals surface area contributed by atoms with Gasteiger partial charge in [-0.3, -0.25) is 9.69 Å². The van der Waals surface area contributed by atoms with Crippen LogP contribution in [-0.4, -0.2) is 67.6 Å². The Hall–Kier alpha value is -3.57. The number of halogens is 1. The maximum atomic E-state index is 14.8. The number of ether oxygens (including phenoxy) is 1. The molecular formula is C18H21FN6O5. The number of cyclic esters (lactones) is 1. The highest BCUT2D eigenvalue weighted by Gasteiger charge is 2.33. The number of anilines is 3. The summed E-state index contributed by atoms with van der Waals surface area (Å²) in [5.41, 5.74) is 0.813. The number of aromatic amines is 1. The van der Waals surface area contributed by atoms with Crippen LogP contribution in [0.15, 0.2) is 27.4 Å². The molecule has 3 heterocycles. The summed E-state index contributed by atoms with van der Waals surface area (Å²) in [5, 5.41) is 8.63. The molecule has 2 N–H and O–H groups in total. The molecule has 2 aliphatic rings. The summed E-state index contributed by atoms with van der Waals surface area (Å²) in [4.78, 5) is 39.2. The van der Waals surface area contributed by atoms with Crippen molar-refractivity contribution < 1.29 is 23.1 Å². The fourth-order valence-electron chi connectivity index (χ4n) is 3.51. The van der Waals surface area contributed by atoms with E-state index in [1.807, 2.05) is 4.90 Å². The SMILES string of the molecule is CC(=O)NCC1CN(c2ccc(N3CCN(c4n[nH]c(=O)o4)CC3)c(F)c2)C(=O)O1. The average molecular weight is 420 g/mol. The van der Waals surface area contributed by atoms with Crippen molar-refractivity contribution in [1.29, 1.82) is 0 Å². The van der Waals surface area contributed by atoms with E-state index in [2.05, 4.69) is 15.5 Å². The van der Waals surface area contributed by atoms with Crippen LogP contribution in [-0.2, 0) is 9.53 Å². The molecule has 2 saturated heterocycles. The van der Waals surface area contributed by atoms with Gasteiger partial charge in [-0.1, -0.05) is 0 Å². The van der Waals surface area contributed by atoms with Crippen molar-refractivity contribution in [1.82, 2.24) is 15.5 Å². The summed E-state index contributed by atoms with van der Waals surface area (Å²) in [5.74, 6) is -1.28. The maximum absolute atomic E-state index is 14.8. The molecule has 1 aromatic carbocycles. The van der Waals surface area contributed by atoms with E-state index < -0.39 is 23.8 Å². The van der Waals surface area contributed by atoms with Crippen LogP contribution in [0, 0.1) is 5.82 Å². The lowest BCUT2D eigenvalue weighted by molar-refractivity contribution is -0.119. The molecule has 30 heavy (non-hydrogen) atoms. The van der Waals surface area contributed by atoms with Crippen LogP contribution in [0.5, 0.6) is 0 Å². The second-order valence-electron chi connectivity index (χ2n) is 7.06. The van der Waals surface area contributed by atoms with Crippen LogP contribution in [0.25, 0.3) is 0 Å². The molecule has 0 spiro atoms. The highest BCUT2D eigenvalue weighted by molar-refractivity contribution is 5.90. The number of hydrogen-bond acceptors (Lipinski definition) is 8. The summed E-state index contributed by atoms with van der Waals surface area (Å²) < 4.78 is 25.0. The lowest BCUT2D eigenvalue weighted by Gasteiger charge is -2.35. The first kappa shape index (κ1) is 19.7. The van der Waals surface area contributed by atoms with Gasteiger partial charge in [0, 0.05) is 33.1 Å². The van der Waals surface area contributed by atoms with Gasteiger partial charge in [0.1, 0.15) is 11.9 Å². The zero-order valence-electron chi connectivity index (χ0n) is 16.3. The van der Waals surface area contributed by atoms with Crippen LogP contribution in [0.3, 0.4) is 0 Å². The largest absolute Gasteiger partial charge is 0.442 e. The second kappa shape index (κ2) is 8.05.